The van der Waals surface area contributed by atoms with E-state index in [-0.39, 0.29) is 16.9 Å². The standard InChI is InChI=1S/C11H17NO2/c1-11(2,5-6-12)9-7-8(13)3-4-10(9)14/h3-4,7,13-14H,5-6,12H2,1-2H3. The molecule has 0 spiro atoms. The Balaban J connectivity index is 3.10. The van der Waals surface area contributed by atoms with Crippen molar-refractivity contribution in [2.24, 2.45) is 5.73 Å². The van der Waals surface area contributed by atoms with Gasteiger partial charge in [-0.2, -0.15) is 0 Å². The summed E-state index contributed by atoms with van der Waals surface area (Å²) in [5.74, 6) is 0.379. The molecule has 0 aliphatic rings. The van der Waals surface area contributed by atoms with Crippen molar-refractivity contribution in [3.05, 3.63) is 23.8 Å². The molecule has 3 nitrogen and oxygen atoms in total. The van der Waals surface area contributed by atoms with Gasteiger partial charge in [-0.05, 0) is 36.6 Å². The Hall–Kier alpha value is -1.22. The predicted octanol–water partition coefficient (Wildman–Crippen LogP) is 1.72. The fraction of sp³-hybridized carbons (Fsp3) is 0.455. The van der Waals surface area contributed by atoms with Gasteiger partial charge in [-0.15, -0.1) is 0 Å². The van der Waals surface area contributed by atoms with Crippen LogP contribution in [0.5, 0.6) is 11.5 Å². The first-order valence-electron chi connectivity index (χ1n) is 4.70. The molecule has 0 radical (unpaired) electrons. The van der Waals surface area contributed by atoms with Crippen LogP contribution in [0.2, 0.25) is 0 Å². The average molecular weight is 195 g/mol. The number of hydrogen-bond acceptors (Lipinski definition) is 3. The number of hydrogen-bond donors (Lipinski definition) is 3. The van der Waals surface area contributed by atoms with E-state index in [4.69, 9.17) is 5.73 Å². The molecule has 0 amide bonds. The minimum absolute atomic E-state index is 0.169. The lowest BCUT2D eigenvalue weighted by atomic mass is 9.81. The highest BCUT2D eigenvalue weighted by atomic mass is 16.3. The van der Waals surface area contributed by atoms with E-state index < -0.39 is 0 Å². The third-order valence-corrected chi connectivity index (χ3v) is 2.48. The van der Waals surface area contributed by atoms with Crippen LogP contribution in [0.1, 0.15) is 25.8 Å². The van der Waals surface area contributed by atoms with E-state index in [1.54, 1.807) is 6.07 Å². The summed E-state index contributed by atoms with van der Waals surface area (Å²) in [6.07, 6.45) is 0.768. The third-order valence-electron chi connectivity index (χ3n) is 2.48. The average Bonchev–Trinajstić information content (AvgIpc) is 2.09. The molecule has 0 saturated heterocycles. The lowest BCUT2D eigenvalue weighted by Gasteiger charge is -2.25. The number of phenolic OH excluding ortho intramolecular Hbond substituents is 2. The van der Waals surface area contributed by atoms with Gasteiger partial charge in [0, 0.05) is 5.56 Å². The SMILES string of the molecule is CC(C)(CCN)c1cc(O)ccc1O. The van der Waals surface area contributed by atoms with Crippen molar-refractivity contribution < 1.29 is 10.2 Å². The Morgan fingerprint density at radius 1 is 1.29 bits per heavy atom. The maximum atomic E-state index is 9.65. The monoisotopic (exact) mass is 195 g/mol. The van der Waals surface area contributed by atoms with E-state index in [0.29, 0.717) is 6.54 Å². The Kier molecular flexibility index (Phi) is 3.01. The highest BCUT2D eigenvalue weighted by Crippen LogP contribution is 2.35. The van der Waals surface area contributed by atoms with Gasteiger partial charge >= 0.3 is 0 Å². The summed E-state index contributed by atoms with van der Waals surface area (Å²) in [7, 11) is 0. The van der Waals surface area contributed by atoms with Crippen molar-refractivity contribution in [3.8, 4) is 11.5 Å². The smallest absolute Gasteiger partial charge is 0.119 e. The molecular weight excluding hydrogens is 178 g/mol. The van der Waals surface area contributed by atoms with E-state index in [9.17, 15) is 10.2 Å². The zero-order valence-electron chi connectivity index (χ0n) is 8.62. The van der Waals surface area contributed by atoms with E-state index in [2.05, 4.69) is 0 Å². The molecular formula is C11H17NO2. The number of benzene rings is 1. The van der Waals surface area contributed by atoms with Crippen molar-refractivity contribution in [1.82, 2.24) is 0 Å². The molecule has 1 rings (SSSR count). The largest absolute Gasteiger partial charge is 0.508 e. The van der Waals surface area contributed by atoms with Gasteiger partial charge in [0.1, 0.15) is 11.5 Å². The summed E-state index contributed by atoms with van der Waals surface area (Å²) < 4.78 is 0. The fourth-order valence-electron chi connectivity index (χ4n) is 1.56. The molecule has 0 aliphatic heterocycles. The second-order valence-corrected chi connectivity index (χ2v) is 4.12. The lowest BCUT2D eigenvalue weighted by Crippen LogP contribution is -2.21. The van der Waals surface area contributed by atoms with E-state index in [1.165, 1.54) is 12.1 Å². The molecule has 1 aromatic rings. The molecule has 0 atom stereocenters. The minimum Gasteiger partial charge on any atom is -0.508 e. The third kappa shape index (κ3) is 2.17. The Morgan fingerprint density at radius 3 is 2.50 bits per heavy atom. The summed E-state index contributed by atoms with van der Waals surface area (Å²) >= 11 is 0. The predicted molar refractivity (Wildman–Crippen MR) is 56.5 cm³/mol. The van der Waals surface area contributed by atoms with Crippen LogP contribution in [0.15, 0.2) is 18.2 Å². The van der Waals surface area contributed by atoms with E-state index in [0.717, 1.165) is 12.0 Å². The van der Waals surface area contributed by atoms with Crippen molar-refractivity contribution in [2.45, 2.75) is 25.7 Å². The molecule has 3 heteroatoms. The van der Waals surface area contributed by atoms with Crippen LogP contribution in [-0.2, 0) is 5.41 Å². The first-order valence-corrected chi connectivity index (χ1v) is 4.70. The highest BCUT2D eigenvalue weighted by Gasteiger charge is 2.23. The van der Waals surface area contributed by atoms with E-state index >= 15 is 0 Å². The minimum atomic E-state index is -0.211. The molecule has 0 heterocycles. The van der Waals surface area contributed by atoms with Crippen molar-refractivity contribution in [3.63, 3.8) is 0 Å². The summed E-state index contributed by atoms with van der Waals surface area (Å²) in [6.45, 7) is 4.55. The Bertz CT molecular complexity index is 321. The topological polar surface area (TPSA) is 66.5 Å². The molecule has 1 aromatic carbocycles. The van der Waals surface area contributed by atoms with Crippen LogP contribution in [0.3, 0.4) is 0 Å². The second kappa shape index (κ2) is 3.88. The van der Waals surface area contributed by atoms with Gasteiger partial charge in [0.05, 0.1) is 0 Å². The summed E-state index contributed by atoms with van der Waals surface area (Å²) in [5, 5.41) is 19.0. The van der Waals surface area contributed by atoms with E-state index in [1.807, 2.05) is 13.8 Å². The molecule has 4 N–H and O–H groups in total. The van der Waals surface area contributed by atoms with Crippen molar-refractivity contribution in [2.75, 3.05) is 6.54 Å². The van der Waals surface area contributed by atoms with Crippen LogP contribution in [0, 0.1) is 0 Å². The number of aromatic hydroxyl groups is 2. The Labute approximate surface area is 84.2 Å². The van der Waals surface area contributed by atoms with Crippen LogP contribution in [0.4, 0.5) is 0 Å². The Morgan fingerprint density at radius 2 is 1.93 bits per heavy atom. The van der Waals surface area contributed by atoms with Crippen LogP contribution < -0.4 is 5.73 Å². The number of nitrogens with two attached hydrogens (primary N) is 1. The highest BCUT2D eigenvalue weighted by molar-refractivity contribution is 5.42. The molecule has 0 bridgehead atoms. The van der Waals surface area contributed by atoms with Crippen LogP contribution in [0.25, 0.3) is 0 Å². The van der Waals surface area contributed by atoms with Crippen LogP contribution in [-0.4, -0.2) is 16.8 Å². The molecule has 0 fully saturated rings. The first-order chi connectivity index (χ1) is 6.47. The summed E-state index contributed by atoms with van der Waals surface area (Å²) in [5.41, 5.74) is 6.02. The van der Waals surface area contributed by atoms with Gasteiger partial charge in [0.15, 0.2) is 0 Å². The van der Waals surface area contributed by atoms with Gasteiger partial charge in [0.25, 0.3) is 0 Å². The molecule has 0 aromatic heterocycles. The molecule has 78 valence electrons. The zero-order valence-corrected chi connectivity index (χ0v) is 8.62. The van der Waals surface area contributed by atoms with Crippen molar-refractivity contribution in [1.29, 1.82) is 0 Å². The van der Waals surface area contributed by atoms with Gasteiger partial charge in [-0.1, -0.05) is 13.8 Å². The summed E-state index contributed by atoms with van der Waals surface area (Å²) in [4.78, 5) is 0. The maximum Gasteiger partial charge on any atom is 0.119 e. The normalized spacial score (nSPS) is 11.6. The van der Waals surface area contributed by atoms with Crippen molar-refractivity contribution >= 4 is 0 Å². The quantitative estimate of drug-likeness (QED) is 0.643. The van der Waals surface area contributed by atoms with Gasteiger partial charge in [0.2, 0.25) is 0 Å². The first kappa shape index (κ1) is 10.9. The summed E-state index contributed by atoms with van der Waals surface area (Å²) in [6, 6.07) is 4.56. The fourth-order valence-corrected chi connectivity index (χ4v) is 1.56. The molecule has 0 saturated carbocycles. The van der Waals surface area contributed by atoms with Gasteiger partial charge in [-0.25, -0.2) is 0 Å². The van der Waals surface area contributed by atoms with Gasteiger partial charge in [-0.3, -0.25) is 0 Å². The maximum absolute atomic E-state index is 9.65. The lowest BCUT2D eigenvalue weighted by molar-refractivity contribution is 0.415. The molecule has 0 unspecified atom stereocenters. The van der Waals surface area contributed by atoms with Crippen LogP contribution >= 0.6 is 0 Å². The number of phenols is 2. The molecule has 0 aliphatic carbocycles. The second-order valence-electron chi connectivity index (χ2n) is 4.12. The zero-order chi connectivity index (χ0) is 10.8. The van der Waals surface area contributed by atoms with Gasteiger partial charge < -0.3 is 15.9 Å². The number of rotatable bonds is 3. The molecule has 14 heavy (non-hydrogen) atoms.